The Balaban J connectivity index is 0.000000166. The lowest BCUT2D eigenvalue weighted by Crippen LogP contribution is -2.19. The molecule has 3 aliphatic carbocycles. The monoisotopic (exact) mass is 674 g/mol. The minimum Gasteiger partial charge on any atom is -0.493 e. The summed E-state index contributed by atoms with van der Waals surface area (Å²) in [5.74, 6) is 2.41. The first-order valence-electron chi connectivity index (χ1n) is 17.5. The summed E-state index contributed by atoms with van der Waals surface area (Å²) in [6.45, 7) is 2.37. The Morgan fingerprint density at radius 2 is 1.00 bits per heavy atom. The SMILES string of the molecule is O=C(O)CCc1ccc(OCC2CCC2)cc1.O=C(O)CCc1ccccc1OCC1CC1.O=C(O)Cc1ccc(OCC2CCC2)cc1. The van der Waals surface area contributed by atoms with Gasteiger partial charge in [0.25, 0.3) is 0 Å². The smallest absolute Gasteiger partial charge is 0.307 e. The zero-order chi connectivity index (χ0) is 34.8. The van der Waals surface area contributed by atoms with Crippen LogP contribution in [0.15, 0.2) is 72.8 Å². The molecule has 0 saturated heterocycles. The molecule has 3 fully saturated rings. The first-order chi connectivity index (χ1) is 23.7. The standard InChI is InChI=1S/C14H18O3.2C13H16O3/c15-14(16)9-6-11-4-7-13(8-5-11)17-10-12-2-1-3-12;14-13(15)8-10-4-6-12(7-5-10)16-9-11-2-1-3-11;14-13(15)8-7-11-3-1-2-4-12(11)16-9-10-5-6-10/h4-5,7-8,12H,1-3,6,9-10H2,(H,15,16);4-7,11H,1-3,8-9H2,(H,14,15);1-4,10H,5-9H2,(H,14,15). The van der Waals surface area contributed by atoms with Gasteiger partial charge in [-0.3, -0.25) is 14.4 Å². The number of carboxylic acids is 3. The summed E-state index contributed by atoms with van der Waals surface area (Å²) in [6.07, 6.45) is 11.8. The van der Waals surface area contributed by atoms with E-state index in [2.05, 4.69) is 0 Å². The number of carbonyl (C=O) groups is 3. The molecule has 3 aromatic carbocycles. The van der Waals surface area contributed by atoms with Gasteiger partial charge < -0.3 is 29.5 Å². The molecule has 0 aliphatic heterocycles. The Morgan fingerprint density at radius 1 is 0.531 bits per heavy atom. The minimum absolute atomic E-state index is 0.0723. The van der Waals surface area contributed by atoms with Crippen molar-refractivity contribution in [2.24, 2.45) is 17.8 Å². The number of aryl methyl sites for hydroxylation is 2. The van der Waals surface area contributed by atoms with Gasteiger partial charge in [-0.25, -0.2) is 0 Å². The molecule has 0 unspecified atom stereocenters. The van der Waals surface area contributed by atoms with Crippen molar-refractivity contribution in [1.29, 1.82) is 0 Å². The molecule has 3 aliphatic rings. The molecule has 0 amide bonds. The van der Waals surface area contributed by atoms with E-state index in [9.17, 15) is 14.4 Å². The largest absolute Gasteiger partial charge is 0.493 e. The van der Waals surface area contributed by atoms with Crippen LogP contribution < -0.4 is 14.2 Å². The lowest BCUT2D eigenvalue weighted by atomic mass is 9.86. The quantitative estimate of drug-likeness (QED) is 0.131. The molecule has 0 atom stereocenters. The van der Waals surface area contributed by atoms with Crippen molar-refractivity contribution < 1.29 is 43.9 Å². The number of hydrogen-bond acceptors (Lipinski definition) is 6. The number of hydrogen-bond donors (Lipinski definition) is 3. The molecule has 6 rings (SSSR count). The van der Waals surface area contributed by atoms with Crippen LogP contribution in [0.1, 0.15) is 80.9 Å². The Morgan fingerprint density at radius 3 is 1.47 bits per heavy atom. The van der Waals surface area contributed by atoms with Gasteiger partial charge in [0, 0.05) is 12.8 Å². The van der Waals surface area contributed by atoms with Crippen LogP contribution >= 0.6 is 0 Å². The van der Waals surface area contributed by atoms with Crippen molar-refractivity contribution in [3.05, 3.63) is 89.5 Å². The maximum absolute atomic E-state index is 10.5. The van der Waals surface area contributed by atoms with Gasteiger partial charge in [0.2, 0.25) is 0 Å². The third kappa shape index (κ3) is 15.1. The van der Waals surface area contributed by atoms with Crippen LogP contribution in [0.5, 0.6) is 17.2 Å². The van der Waals surface area contributed by atoms with Crippen LogP contribution in [0.3, 0.4) is 0 Å². The number of para-hydroxylation sites is 1. The lowest BCUT2D eigenvalue weighted by Gasteiger charge is -2.25. The molecule has 0 spiro atoms. The van der Waals surface area contributed by atoms with Crippen LogP contribution in [0.25, 0.3) is 0 Å². The highest BCUT2D eigenvalue weighted by Gasteiger charge is 2.22. The van der Waals surface area contributed by atoms with Gasteiger partial charge in [0.15, 0.2) is 0 Å². The van der Waals surface area contributed by atoms with Crippen molar-refractivity contribution in [3.8, 4) is 17.2 Å². The second-order valence-corrected chi connectivity index (χ2v) is 13.2. The Hall–Kier alpha value is -4.53. The molecule has 3 N–H and O–H groups in total. The van der Waals surface area contributed by atoms with Crippen molar-refractivity contribution >= 4 is 17.9 Å². The minimum atomic E-state index is -0.803. The number of ether oxygens (including phenoxy) is 3. The van der Waals surface area contributed by atoms with Crippen molar-refractivity contribution in [2.45, 2.75) is 83.5 Å². The van der Waals surface area contributed by atoms with Crippen LogP contribution in [-0.2, 0) is 33.6 Å². The second-order valence-electron chi connectivity index (χ2n) is 13.2. The van der Waals surface area contributed by atoms with Crippen molar-refractivity contribution in [3.63, 3.8) is 0 Å². The molecule has 0 aromatic heterocycles. The summed E-state index contributed by atoms with van der Waals surface area (Å²) in [5.41, 5.74) is 2.84. The third-order valence-corrected chi connectivity index (χ3v) is 9.00. The van der Waals surface area contributed by atoms with Crippen LogP contribution in [0.4, 0.5) is 0 Å². The van der Waals surface area contributed by atoms with Gasteiger partial charge in [0.05, 0.1) is 26.2 Å². The summed E-state index contributed by atoms with van der Waals surface area (Å²) >= 11 is 0. The fourth-order valence-corrected chi connectivity index (χ4v) is 5.21. The summed E-state index contributed by atoms with van der Waals surface area (Å²) in [7, 11) is 0. The van der Waals surface area contributed by atoms with Gasteiger partial charge in [-0.1, -0.05) is 55.3 Å². The number of rotatable bonds is 17. The molecule has 3 aromatic rings. The van der Waals surface area contributed by atoms with Gasteiger partial charge in [-0.15, -0.1) is 0 Å². The maximum atomic E-state index is 10.5. The average Bonchev–Trinajstić information content (AvgIpc) is 3.87. The summed E-state index contributed by atoms with van der Waals surface area (Å²) < 4.78 is 17.0. The van der Waals surface area contributed by atoms with Gasteiger partial charge >= 0.3 is 17.9 Å². The predicted octanol–water partition coefficient (Wildman–Crippen LogP) is 7.87. The molecular weight excluding hydrogens is 624 g/mol. The van der Waals surface area contributed by atoms with Crippen LogP contribution in [-0.4, -0.2) is 53.0 Å². The van der Waals surface area contributed by atoms with E-state index in [0.29, 0.717) is 18.8 Å². The Bertz CT molecular complexity index is 1440. The molecule has 9 heteroatoms. The summed E-state index contributed by atoms with van der Waals surface area (Å²) in [6, 6.07) is 22.7. The highest BCUT2D eigenvalue weighted by Crippen LogP contribution is 2.31. The van der Waals surface area contributed by atoms with Gasteiger partial charge in [-0.05, 0) is 116 Å². The van der Waals surface area contributed by atoms with Gasteiger partial charge in [0.1, 0.15) is 17.2 Å². The molecule has 9 nitrogen and oxygen atoms in total. The zero-order valence-electron chi connectivity index (χ0n) is 28.3. The van der Waals surface area contributed by atoms with Gasteiger partial charge in [-0.2, -0.15) is 0 Å². The van der Waals surface area contributed by atoms with Crippen LogP contribution in [0.2, 0.25) is 0 Å². The first kappa shape index (κ1) is 37.3. The molecule has 0 heterocycles. The van der Waals surface area contributed by atoms with E-state index in [-0.39, 0.29) is 19.3 Å². The number of aliphatic carboxylic acids is 3. The normalized spacial score (nSPS) is 15.2. The van der Waals surface area contributed by atoms with E-state index < -0.39 is 17.9 Å². The molecule has 264 valence electrons. The van der Waals surface area contributed by atoms with E-state index in [1.807, 2.05) is 72.8 Å². The molecule has 3 saturated carbocycles. The highest BCUT2D eigenvalue weighted by molar-refractivity contribution is 5.70. The van der Waals surface area contributed by atoms with E-state index in [4.69, 9.17) is 29.5 Å². The van der Waals surface area contributed by atoms with Crippen molar-refractivity contribution in [1.82, 2.24) is 0 Å². The predicted molar refractivity (Wildman–Crippen MR) is 186 cm³/mol. The highest BCUT2D eigenvalue weighted by atomic mass is 16.5. The Labute approximate surface area is 289 Å². The summed E-state index contributed by atoms with van der Waals surface area (Å²) in [5, 5.41) is 25.9. The van der Waals surface area contributed by atoms with E-state index in [0.717, 1.165) is 65.6 Å². The average molecular weight is 675 g/mol. The van der Waals surface area contributed by atoms with E-state index in [1.165, 1.54) is 51.4 Å². The third-order valence-electron chi connectivity index (χ3n) is 9.00. The molecule has 49 heavy (non-hydrogen) atoms. The topological polar surface area (TPSA) is 140 Å². The molecule has 0 radical (unpaired) electrons. The fraction of sp³-hybridized carbons (Fsp3) is 0.475. The second kappa shape index (κ2) is 20.1. The van der Waals surface area contributed by atoms with Crippen LogP contribution in [0, 0.1) is 17.8 Å². The maximum Gasteiger partial charge on any atom is 0.307 e. The van der Waals surface area contributed by atoms with E-state index >= 15 is 0 Å². The lowest BCUT2D eigenvalue weighted by molar-refractivity contribution is -0.138. The zero-order valence-corrected chi connectivity index (χ0v) is 28.3. The number of carboxylic acid groups (broad SMARTS) is 3. The molecular formula is C40H50O9. The summed E-state index contributed by atoms with van der Waals surface area (Å²) in [4.78, 5) is 31.4. The fourth-order valence-electron chi connectivity index (χ4n) is 5.21. The molecule has 0 bridgehead atoms. The van der Waals surface area contributed by atoms with Crippen molar-refractivity contribution in [2.75, 3.05) is 19.8 Å². The van der Waals surface area contributed by atoms with E-state index in [1.54, 1.807) is 0 Å². The Kier molecular flexibility index (Phi) is 15.3. The first-order valence-corrected chi connectivity index (χ1v) is 17.5. The number of benzene rings is 3.